The topological polar surface area (TPSA) is 83.6 Å². The largest absolute Gasteiger partial charge is 0.324 e. The number of aromatic amines is 1. The molecule has 3 aromatic heterocycles. The van der Waals surface area contributed by atoms with Gasteiger partial charge in [-0.15, -0.1) is 11.3 Å². The molecular weight excluding hydrogens is 414 g/mol. The van der Waals surface area contributed by atoms with E-state index in [-0.39, 0.29) is 5.91 Å². The third-order valence-corrected chi connectivity index (χ3v) is 7.08. The molecule has 0 fully saturated rings. The van der Waals surface area contributed by atoms with Crippen LogP contribution in [-0.4, -0.2) is 25.8 Å². The lowest BCUT2D eigenvalue weighted by Gasteiger charge is -2.09. The molecule has 0 saturated heterocycles. The minimum absolute atomic E-state index is 0.222. The van der Waals surface area contributed by atoms with Crippen molar-refractivity contribution in [3.8, 4) is 0 Å². The number of aryl methyl sites for hydroxylation is 2. The van der Waals surface area contributed by atoms with Gasteiger partial charge in [-0.1, -0.05) is 36.0 Å². The van der Waals surface area contributed by atoms with Crippen LogP contribution in [0, 0.1) is 13.8 Å². The molecule has 8 heteroatoms. The van der Waals surface area contributed by atoms with Gasteiger partial charge in [0.15, 0.2) is 0 Å². The standard InChI is InChI=1S/C22H17N5OS2/c1-12-13(2)29-20-18(12)21(24-11-23-20)30-17-10-6-3-7-14(17)19(28)27-22-25-15-8-4-5-9-16(15)26-22/h3-11H,1-2H3,(H2,25,26,27,28). The maximum atomic E-state index is 13.0. The maximum absolute atomic E-state index is 13.0. The van der Waals surface area contributed by atoms with Crippen LogP contribution in [0.5, 0.6) is 0 Å². The molecule has 2 aromatic carbocycles. The number of nitrogens with one attached hydrogen (secondary N) is 2. The van der Waals surface area contributed by atoms with E-state index >= 15 is 0 Å². The number of hydrogen-bond donors (Lipinski definition) is 2. The molecule has 0 bridgehead atoms. The van der Waals surface area contributed by atoms with Gasteiger partial charge in [-0.25, -0.2) is 15.0 Å². The highest BCUT2D eigenvalue weighted by Crippen LogP contribution is 2.38. The molecule has 0 atom stereocenters. The number of amides is 1. The van der Waals surface area contributed by atoms with Crippen LogP contribution in [0.1, 0.15) is 20.8 Å². The fraction of sp³-hybridized carbons (Fsp3) is 0.0909. The van der Waals surface area contributed by atoms with Gasteiger partial charge in [0.25, 0.3) is 5.91 Å². The molecule has 0 radical (unpaired) electrons. The smallest absolute Gasteiger partial charge is 0.259 e. The van der Waals surface area contributed by atoms with Gasteiger partial charge in [0.2, 0.25) is 5.95 Å². The lowest BCUT2D eigenvalue weighted by Crippen LogP contribution is -2.14. The van der Waals surface area contributed by atoms with Crippen molar-refractivity contribution in [2.24, 2.45) is 0 Å². The van der Waals surface area contributed by atoms with E-state index in [1.165, 1.54) is 22.2 Å². The zero-order valence-corrected chi connectivity index (χ0v) is 17.9. The van der Waals surface area contributed by atoms with Crippen molar-refractivity contribution in [2.45, 2.75) is 23.8 Å². The van der Waals surface area contributed by atoms with Crippen molar-refractivity contribution in [3.05, 3.63) is 70.9 Å². The van der Waals surface area contributed by atoms with Crippen molar-refractivity contribution in [1.82, 2.24) is 19.9 Å². The number of aromatic nitrogens is 4. The van der Waals surface area contributed by atoms with E-state index in [1.807, 2.05) is 48.5 Å². The van der Waals surface area contributed by atoms with Crippen molar-refractivity contribution in [2.75, 3.05) is 5.32 Å². The number of anilines is 1. The summed E-state index contributed by atoms with van der Waals surface area (Å²) in [7, 11) is 0. The average molecular weight is 432 g/mol. The number of H-pyrrole nitrogens is 1. The fourth-order valence-corrected chi connectivity index (χ4v) is 5.40. The lowest BCUT2D eigenvalue weighted by atomic mass is 10.2. The molecule has 0 aliphatic heterocycles. The van der Waals surface area contributed by atoms with Crippen LogP contribution in [0.2, 0.25) is 0 Å². The van der Waals surface area contributed by atoms with Crippen LogP contribution in [0.3, 0.4) is 0 Å². The molecule has 30 heavy (non-hydrogen) atoms. The predicted octanol–water partition coefficient (Wildman–Crippen LogP) is 5.59. The first-order valence-corrected chi connectivity index (χ1v) is 11.0. The van der Waals surface area contributed by atoms with E-state index < -0.39 is 0 Å². The number of nitrogens with zero attached hydrogens (tertiary/aromatic N) is 3. The van der Waals surface area contributed by atoms with Gasteiger partial charge in [0.1, 0.15) is 16.2 Å². The normalized spacial score (nSPS) is 11.3. The number of imidazole rings is 1. The first kappa shape index (κ1) is 18.8. The van der Waals surface area contributed by atoms with Crippen molar-refractivity contribution >= 4 is 56.2 Å². The number of carbonyl (C=O) groups is 1. The Balaban J connectivity index is 1.48. The SMILES string of the molecule is Cc1sc2ncnc(Sc3ccccc3C(=O)Nc3nc4ccccc4[nH]3)c2c1C. The van der Waals surface area contributed by atoms with E-state index in [0.717, 1.165) is 31.2 Å². The molecule has 0 unspecified atom stereocenters. The molecule has 5 rings (SSSR count). The number of thiophene rings is 1. The Hall–Kier alpha value is -3.23. The highest BCUT2D eigenvalue weighted by molar-refractivity contribution is 7.99. The summed E-state index contributed by atoms with van der Waals surface area (Å²) in [5.74, 6) is 0.204. The van der Waals surface area contributed by atoms with Gasteiger partial charge in [0, 0.05) is 15.2 Å². The highest BCUT2D eigenvalue weighted by Gasteiger charge is 2.18. The minimum Gasteiger partial charge on any atom is -0.324 e. The van der Waals surface area contributed by atoms with Gasteiger partial charge in [-0.05, 0) is 43.7 Å². The summed E-state index contributed by atoms with van der Waals surface area (Å²) in [6.45, 7) is 4.17. The van der Waals surface area contributed by atoms with Crippen LogP contribution < -0.4 is 5.32 Å². The van der Waals surface area contributed by atoms with Crippen molar-refractivity contribution < 1.29 is 4.79 Å². The molecule has 6 nitrogen and oxygen atoms in total. The molecule has 0 aliphatic carbocycles. The molecule has 0 aliphatic rings. The predicted molar refractivity (Wildman–Crippen MR) is 122 cm³/mol. The quantitative estimate of drug-likeness (QED) is 0.363. The number of rotatable bonds is 4. The van der Waals surface area contributed by atoms with Gasteiger partial charge < -0.3 is 4.98 Å². The minimum atomic E-state index is -0.222. The zero-order valence-electron chi connectivity index (χ0n) is 16.3. The number of para-hydroxylation sites is 2. The van der Waals surface area contributed by atoms with Crippen LogP contribution >= 0.6 is 23.1 Å². The molecule has 148 valence electrons. The number of hydrogen-bond acceptors (Lipinski definition) is 6. The fourth-order valence-electron chi connectivity index (χ4n) is 3.26. The summed E-state index contributed by atoms with van der Waals surface area (Å²) in [4.78, 5) is 32.5. The van der Waals surface area contributed by atoms with Gasteiger partial charge in [-0.3, -0.25) is 10.1 Å². The Morgan fingerprint density at radius 2 is 1.87 bits per heavy atom. The third-order valence-electron chi connectivity index (χ3n) is 4.89. The summed E-state index contributed by atoms with van der Waals surface area (Å²) >= 11 is 3.14. The van der Waals surface area contributed by atoms with Gasteiger partial charge in [-0.2, -0.15) is 0 Å². The van der Waals surface area contributed by atoms with Crippen molar-refractivity contribution in [3.63, 3.8) is 0 Å². The van der Waals surface area contributed by atoms with Crippen LogP contribution in [-0.2, 0) is 0 Å². The summed E-state index contributed by atoms with van der Waals surface area (Å²) < 4.78 is 0. The summed E-state index contributed by atoms with van der Waals surface area (Å²) in [5.41, 5.74) is 3.44. The van der Waals surface area contributed by atoms with Crippen molar-refractivity contribution in [1.29, 1.82) is 0 Å². The molecule has 1 amide bonds. The monoisotopic (exact) mass is 431 g/mol. The molecule has 5 aromatic rings. The summed E-state index contributed by atoms with van der Waals surface area (Å²) in [6.07, 6.45) is 1.58. The highest BCUT2D eigenvalue weighted by atomic mass is 32.2. The second-order valence-electron chi connectivity index (χ2n) is 6.80. The second-order valence-corrected chi connectivity index (χ2v) is 9.03. The first-order chi connectivity index (χ1) is 14.6. The average Bonchev–Trinajstić information content (AvgIpc) is 3.28. The Morgan fingerprint density at radius 3 is 2.73 bits per heavy atom. The summed E-state index contributed by atoms with van der Waals surface area (Å²) in [6, 6.07) is 15.2. The molecule has 2 N–H and O–H groups in total. The Morgan fingerprint density at radius 1 is 1.07 bits per heavy atom. The van der Waals surface area contributed by atoms with E-state index in [0.29, 0.717) is 11.5 Å². The molecule has 0 saturated carbocycles. The molecular formula is C22H17N5OS2. The Bertz CT molecular complexity index is 1370. The first-order valence-electron chi connectivity index (χ1n) is 9.34. The maximum Gasteiger partial charge on any atom is 0.259 e. The van der Waals surface area contributed by atoms with Crippen LogP contribution in [0.25, 0.3) is 21.3 Å². The van der Waals surface area contributed by atoms with Crippen LogP contribution in [0.4, 0.5) is 5.95 Å². The molecule has 3 heterocycles. The number of carbonyl (C=O) groups excluding carboxylic acids is 1. The summed E-state index contributed by atoms with van der Waals surface area (Å²) in [5, 5.41) is 4.78. The molecule has 0 spiro atoms. The Kier molecular flexibility index (Phi) is 4.72. The third kappa shape index (κ3) is 3.34. The Labute approximate surface area is 180 Å². The van der Waals surface area contributed by atoms with Gasteiger partial charge in [0.05, 0.1) is 16.6 Å². The van der Waals surface area contributed by atoms with Gasteiger partial charge >= 0.3 is 0 Å². The second kappa shape index (κ2) is 7.55. The van der Waals surface area contributed by atoms with Crippen LogP contribution in [0.15, 0.2) is 64.8 Å². The van der Waals surface area contributed by atoms with E-state index in [9.17, 15) is 4.79 Å². The zero-order chi connectivity index (χ0) is 20.7. The number of benzene rings is 2. The van der Waals surface area contributed by atoms with E-state index in [2.05, 4.69) is 39.1 Å². The van der Waals surface area contributed by atoms with E-state index in [1.54, 1.807) is 17.7 Å². The van der Waals surface area contributed by atoms with E-state index in [4.69, 9.17) is 0 Å². The number of fused-ring (bicyclic) bond motifs is 2. The lowest BCUT2D eigenvalue weighted by molar-refractivity contribution is 0.102.